The van der Waals surface area contributed by atoms with Crippen molar-refractivity contribution in [2.45, 2.75) is 12.6 Å². The van der Waals surface area contributed by atoms with Gasteiger partial charge in [0.2, 0.25) is 0 Å². The van der Waals surface area contributed by atoms with Gasteiger partial charge in [-0.3, -0.25) is 10.3 Å². The molecule has 1 fully saturated rings. The zero-order valence-electron chi connectivity index (χ0n) is 13.7. The van der Waals surface area contributed by atoms with Gasteiger partial charge in [-0.25, -0.2) is 9.82 Å². The Morgan fingerprint density at radius 1 is 1.08 bits per heavy atom. The molecule has 1 aliphatic rings. The third-order valence-corrected chi connectivity index (χ3v) is 4.48. The van der Waals surface area contributed by atoms with Gasteiger partial charge < -0.3 is 5.11 Å². The van der Waals surface area contributed by atoms with Gasteiger partial charge in [0, 0.05) is 32.1 Å². The SMILES string of the molecule is OCCN(Cc1ccccc1)CC1CNNC1c1ccc(F)cc1. The second kappa shape index (κ2) is 8.35. The highest BCUT2D eigenvalue weighted by Crippen LogP contribution is 2.26. The first-order valence-electron chi connectivity index (χ1n) is 8.37. The summed E-state index contributed by atoms with van der Waals surface area (Å²) in [6.07, 6.45) is 0. The first kappa shape index (κ1) is 17.0. The summed E-state index contributed by atoms with van der Waals surface area (Å²) in [4.78, 5) is 2.27. The van der Waals surface area contributed by atoms with Crippen LogP contribution in [0.25, 0.3) is 0 Å². The molecular formula is C19H24FN3O. The number of nitrogens with one attached hydrogen (secondary N) is 2. The largest absolute Gasteiger partial charge is 0.395 e. The molecule has 4 nitrogen and oxygen atoms in total. The Labute approximate surface area is 142 Å². The summed E-state index contributed by atoms with van der Waals surface area (Å²) in [5, 5.41) is 9.39. The summed E-state index contributed by atoms with van der Waals surface area (Å²) in [6.45, 7) is 3.30. The van der Waals surface area contributed by atoms with E-state index in [9.17, 15) is 9.50 Å². The van der Waals surface area contributed by atoms with Crippen molar-refractivity contribution in [2.75, 3.05) is 26.2 Å². The monoisotopic (exact) mass is 329 g/mol. The maximum atomic E-state index is 13.2. The van der Waals surface area contributed by atoms with Crippen molar-refractivity contribution in [3.63, 3.8) is 0 Å². The lowest BCUT2D eigenvalue weighted by Crippen LogP contribution is -2.34. The maximum Gasteiger partial charge on any atom is 0.123 e. The minimum atomic E-state index is -0.216. The fraction of sp³-hybridized carbons (Fsp3) is 0.368. The molecule has 0 amide bonds. The van der Waals surface area contributed by atoms with E-state index in [2.05, 4.69) is 27.9 Å². The molecule has 1 aliphatic heterocycles. The molecule has 2 unspecified atom stereocenters. The average Bonchev–Trinajstić information content (AvgIpc) is 3.05. The Kier molecular flexibility index (Phi) is 5.93. The van der Waals surface area contributed by atoms with Crippen LogP contribution in [-0.4, -0.2) is 36.2 Å². The number of hydrazine groups is 1. The molecule has 5 heteroatoms. The molecule has 2 atom stereocenters. The molecule has 0 aromatic heterocycles. The standard InChI is InChI=1S/C19H24FN3O/c20-18-8-6-16(7-9-18)19-17(12-21-22-19)14-23(10-11-24)13-15-4-2-1-3-5-15/h1-9,17,19,21-22,24H,10-14H2. The van der Waals surface area contributed by atoms with Gasteiger partial charge in [-0.1, -0.05) is 42.5 Å². The van der Waals surface area contributed by atoms with E-state index in [1.54, 1.807) is 0 Å². The van der Waals surface area contributed by atoms with Gasteiger partial charge in [0.15, 0.2) is 0 Å². The van der Waals surface area contributed by atoms with Crippen LogP contribution in [-0.2, 0) is 6.54 Å². The number of aliphatic hydroxyl groups excluding tert-OH is 1. The molecule has 0 spiro atoms. The summed E-state index contributed by atoms with van der Waals surface area (Å²) in [6, 6.07) is 17.1. The van der Waals surface area contributed by atoms with E-state index < -0.39 is 0 Å². The Balaban J connectivity index is 1.67. The molecular weight excluding hydrogens is 305 g/mol. The second-order valence-electron chi connectivity index (χ2n) is 6.26. The second-order valence-corrected chi connectivity index (χ2v) is 6.26. The Hall–Kier alpha value is -1.79. The Bertz CT molecular complexity index is 620. The van der Waals surface area contributed by atoms with Crippen LogP contribution in [0, 0.1) is 11.7 Å². The number of benzene rings is 2. The number of aliphatic hydroxyl groups is 1. The first-order chi connectivity index (χ1) is 11.8. The van der Waals surface area contributed by atoms with Gasteiger partial charge in [0.25, 0.3) is 0 Å². The molecule has 24 heavy (non-hydrogen) atoms. The van der Waals surface area contributed by atoms with E-state index in [4.69, 9.17) is 0 Å². The quantitative estimate of drug-likeness (QED) is 0.728. The molecule has 0 saturated carbocycles. The zero-order valence-corrected chi connectivity index (χ0v) is 13.7. The molecule has 3 rings (SSSR count). The third kappa shape index (κ3) is 4.39. The molecule has 3 N–H and O–H groups in total. The molecule has 2 aromatic rings. The van der Waals surface area contributed by atoms with Crippen LogP contribution >= 0.6 is 0 Å². The van der Waals surface area contributed by atoms with Gasteiger partial charge >= 0.3 is 0 Å². The number of rotatable bonds is 7. The lowest BCUT2D eigenvalue weighted by atomic mass is 9.94. The zero-order chi connectivity index (χ0) is 16.8. The Morgan fingerprint density at radius 2 is 1.83 bits per heavy atom. The van der Waals surface area contributed by atoms with Gasteiger partial charge in [-0.05, 0) is 23.3 Å². The summed E-state index contributed by atoms with van der Waals surface area (Å²) >= 11 is 0. The van der Waals surface area contributed by atoms with Crippen molar-refractivity contribution in [3.05, 3.63) is 71.5 Å². The normalized spacial score (nSPS) is 20.6. The van der Waals surface area contributed by atoms with Crippen LogP contribution in [0.3, 0.4) is 0 Å². The fourth-order valence-corrected chi connectivity index (χ4v) is 3.28. The van der Waals surface area contributed by atoms with E-state index in [1.165, 1.54) is 17.7 Å². The molecule has 0 aliphatic carbocycles. The molecule has 0 radical (unpaired) electrons. The highest BCUT2D eigenvalue weighted by Gasteiger charge is 2.29. The van der Waals surface area contributed by atoms with E-state index >= 15 is 0 Å². The predicted octanol–water partition coefficient (Wildman–Crippen LogP) is 2.09. The predicted molar refractivity (Wildman–Crippen MR) is 92.6 cm³/mol. The molecule has 0 bridgehead atoms. The van der Waals surface area contributed by atoms with E-state index in [0.29, 0.717) is 12.5 Å². The molecule has 2 aromatic carbocycles. The van der Waals surface area contributed by atoms with E-state index in [0.717, 1.165) is 25.2 Å². The van der Waals surface area contributed by atoms with Crippen molar-refractivity contribution in [3.8, 4) is 0 Å². The van der Waals surface area contributed by atoms with Crippen molar-refractivity contribution in [2.24, 2.45) is 5.92 Å². The van der Waals surface area contributed by atoms with E-state index in [1.807, 2.05) is 30.3 Å². The summed E-state index contributed by atoms with van der Waals surface area (Å²) < 4.78 is 13.2. The van der Waals surface area contributed by atoms with Crippen LogP contribution in [0.5, 0.6) is 0 Å². The van der Waals surface area contributed by atoms with Crippen molar-refractivity contribution in [1.82, 2.24) is 15.8 Å². The minimum Gasteiger partial charge on any atom is -0.395 e. The smallest absolute Gasteiger partial charge is 0.123 e. The molecule has 1 saturated heterocycles. The first-order valence-corrected chi connectivity index (χ1v) is 8.37. The fourth-order valence-electron chi connectivity index (χ4n) is 3.28. The van der Waals surface area contributed by atoms with E-state index in [-0.39, 0.29) is 18.5 Å². The van der Waals surface area contributed by atoms with Crippen LogP contribution in [0.1, 0.15) is 17.2 Å². The minimum absolute atomic E-state index is 0.141. The number of halogens is 1. The van der Waals surface area contributed by atoms with Crippen LogP contribution in [0.2, 0.25) is 0 Å². The summed E-state index contributed by atoms with van der Waals surface area (Å²) in [7, 11) is 0. The number of nitrogens with zero attached hydrogens (tertiary/aromatic N) is 1. The lowest BCUT2D eigenvalue weighted by Gasteiger charge is -2.27. The Morgan fingerprint density at radius 3 is 2.54 bits per heavy atom. The van der Waals surface area contributed by atoms with Crippen LogP contribution < -0.4 is 10.9 Å². The van der Waals surface area contributed by atoms with Gasteiger partial charge in [0.1, 0.15) is 5.82 Å². The third-order valence-electron chi connectivity index (χ3n) is 4.48. The van der Waals surface area contributed by atoms with Crippen molar-refractivity contribution in [1.29, 1.82) is 0 Å². The lowest BCUT2D eigenvalue weighted by molar-refractivity contribution is 0.167. The number of hydrogen-bond donors (Lipinski definition) is 3. The van der Waals surface area contributed by atoms with Crippen molar-refractivity contribution >= 4 is 0 Å². The van der Waals surface area contributed by atoms with Crippen LogP contribution in [0.15, 0.2) is 54.6 Å². The van der Waals surface area contributed by atoms with Crippen molar-refractivity contribution < 1.29 is 9.50 Å². The molecule has 128 valence electrons. The summed E-state index contributed by atoms with van der Waals surface area (Å²) in [5.41, 5.74) is 8.82. The van der Waals surface area contributed by atoms with Gasteiger partial charge in [-0.15, -0.1) is 0 Å². The highest BCUT2D eigenvalue weighted by molar-refractivity contribution is 5.22. The summed E-state index contributed by atoms with van der Waals surface area (Å²) in [5.74, 6) is 0.137. The van der Waals surface area contributed by atoms with Gasteiger partial charge in [0.05, 0.1) is 12.6 Å². The average molecular weight is 329 g/mol. The topological polar surface area (TPSA) is 47.5 Å². The molecule has 1 heterocycles. The highest BCUT2D eigenvalue weighted by atomic mass is 19.1. The number of hydrogen-bond acceptors (Lipinski definition) is 4. The van der Waals surface area contributed by atoms with Gasteiger partial charge in [-0.2, -0.15) is 0 Å². The van der Waals surface area contributed by atoms with Crippen LogP contribution in [0.4, 0.5) is 4.39 Å². The maximum absolute atomic E-state index is 13.2.